The molecule has 1 heteroatoms. The van der Waals surface area contributed by atoms with Gasteiger partial charge in [-0.2, -0.15) is 0 Å². The molecule has 2 aliphatic rings. The van der Waals surface area contributed by atoms with Crippen LogP contribution in [0.3, 0.4) is 0 Å². The Labute approximate surface area is 187 Å². The van der Waals surface area contributed by atoms with Crippen molar-refractivity contribution in [2.24, 2.45) is 0 Å². The Morgan fingerprint density at radius 2 is 1.22 bits per heavy atom. The second kappa shape index (κ2) is 6.58. The van der Waals surface area contributed by atoms with Crippen LogP contribution in [0.5, 0.6) is 0 Å². The van der Waals surface area contributed by atoms with E-state index >= 15 is 0 Å². The van der Waals surface area contributed by atoms with Crippen molar-refractivity contribution >= 4 is 38.0 Å². The van der Waals surface area contributed by atoms with Gasteiger partial charge in [0, 0.05) is 17.6 Å². The maximum Gasteiger partial charge on any atom is 0.0383 e. The highest BCUT2D eigenvalue weighted by molar-refractivity contribution is 6.25. The van der Waals surface area contributed by atoms with Crippen molar-refractivity contribution in [2.45, 2.75) is 11.8 Å². The molecule has 0 saturated heterocycles. The lowest BCUT2D eigenvalue weighted by Gasteiger charge is -2.26. The molecule has 1 nitrogen and oxygen atoms in total. The van der Waals surface area contributed by atoms with Gasteiger partial charge in [0.2, 0.25) is 0 Å². The number of fused-ring (bicyclic) bond motifs is 8. The molecular weight excluding hydrogens is 386 g/mol. The van der Waals surface area contributed by atoms with Crippen molar-refractivity contribution in [1.29, 1.82) is 0 Å². The standard InChI is InChI=1S/C31H23N/c1-6-16-31(17-7-1)20-32-30-15-13-22(19-29(30)31)21-12-14-27-25-10-3-2-8-23(25)24-9-4-5-11-26(24)28(27)18-21/h1-16,18-19,32H,17,20H2/t31-/m0/s1. The Morgan fingerprint density at radius 3 is 1.91 bits per heavy atom. The summed E-state index contributed by atoms with van der Waals surface area (Å²) in [5.74, 6) is 0. The molecule has 7 rings (SSSR count). The minimum absolute atomic E-state index is 0.0832. The van der Waals surface area contributed by atoms with Gasteiger partial charge in [0.1, 0.15) is 0 Å². The molecule has 5 aromatic carbocycles. The summed E-state index contributed by atoms with van der Waals surface area (Å²) in [6.45, 7) is 0.973. The number of benzene rings is 5. The SMILES string of the molecule is C1=CC[C@@]2(C=C1)CNc1ccc(-c3ccc4c5ccccc5c5ccccc5c4c3)cc12. The lowest BCUT2D eigenvalue weighted by Crippen LogP contribution is -2.26. The van der Waals surface area contributed by atoms with Gasteiger partial charge in [0.25, 0.3) is 0 Å². The van der Waals surface area contributed by atoms with Gasteiger partial charge in [-0.25, -0.2) is 0 Å². The van der Waals surface area contributed by atoms with E-state index < -0.39 is 0 Å². The zero-order chi connectivity index (χ0) is 21.1. The number of anilines is 1. The third-order valence-electron chi connectivity index (χ3n) is 7.37. The first-order chi connectivity index (χ1) is 15.8. The summed E-state index contributed by atoms with van der Waals surface area (Å²) in [5, 5.41) is 11.6. The molecule has 1 aliphatic heterocycles. The normalized spacial score (nSPS) is 19.1. The monoisotopic (exact) mass is 409 g/mol. The summed E-state index contributed by atoms with van der Waals surface area (Å²) in [5.41, 5.74) is 5.33. The number of nitrogens with one attached hydrogen (secondary N) is 1. The fourth-order valence-corrected chi connectivity index (χ4v) is 5.72. The van der Waals surface area contributed by atoms with Crippen LogP contribution in [0.4, 0.5) is 5.69 Å². The van der Waals surface area contributed by atoms with E-state index in [-0.39, 0.29) is 5.41 Å². The first-order valence-corrected chi connectivity index (χ1v) is 11.4. The van der Waals surface area contributed by atoms with Crippen LogP contribution in [0.15, 0.2) is 109 Å². The lowest BCUT2D eigenvalue weighted by atomic mass is 9.76. The molecule has 32 heavy (non-hydrogen) atoms. The van der Waals surface area contributed by atoms with Gasteiger partial charge in [-0.15, -0.1) is 0 Å². The minimum atomic E-state index is 0.0832. The number of hydrogen-bond donors (Lipinski definition) is 1. The smallest absolute Gasteiger partial charge is 0.0383 e. The number of hydrogen-bond acceptors (Lipinski definition) is 1. The highest BCUT2D eigenvalue weighted by Gasteiger charge is 2.36. The Hall–Kier alpha value is -3.84. The van der Waals surface area contributed by atoms with Crippen LogP contribution in [-0.2, 0) is 5.41 Å². The fourth-order valence-electron chi connectivity index (χ4n) is 5.72. The highest BCUT2D eigenvalue weighted by atomic mass is 14.9. The van der Waals surface area contributed by atoms with Gasteiger partial charge in [0.15, 0.2) is 0 Å². The van der Waals surface area contributed by atoms with Gasteiger partial charge < -0.3 is 5.32 Å². The van der Waals surface area contributed by atoms with Crippen molar-refractivity contribution in [1.82, 2.24) is 0 Å². The first kappa shape index (κ1) is 17.8. The van der Waals surface area contributed by atoms with Crippen LogP contribution in [0.1, 0.15) is 12.0 Å². The molecule has 1 heterocycles. The van der Waals surface area contributed by atoms with Crippen LogP contribution in [-0.4, -0.2) is 6.54 Å². The molecule has 1 atom stereocenters. The Bertz CT molecular complexity index is 1570. The second-order valence-corrected chi connectivity index (χ2v) is 9.11. The summed E-state index contributed by atoms with van der Waals surface area (Å²) >= 11 is 0. The molecular formula is C31H23N. The molecule has 0 radical (unpaired) electrons. The Kier molecular flexibility index (Phi) is 3.66. The van der Waals surface area contributed by atoms with Gasteiger partial charge in [0.05, 0.1) is 0 Å². The molecule has 152 valence electrons. The van der Waals surface area contributed by atoms with Gasteiger partial charge in [-0.1, -0.05) is 91.0 Å². The van der Waals surface area contributed by atoms with Crippen LogP contribution in [0.2, 0.25) is 0 Å². The zero-order valence-corrected chi connectivity index (χ0v) is 17.8. The molecule has 1 aliphatic carbocycles. The quantitative estimate of drug-likeness (QED) is 0.277. The predicted octanol–water partition coefficient (Wildman–Crippen LogP) is 7.99. The maximum absolute atomic E-state index is 3.63. The Morgan fingerprint density at radius 1 is 0.594 bits per heavy atom. The van der Waals surface area contributed by atoms with Crippen molar-refractivity contribution in [2.75, 3.05) is 11.9 Å². The van der Waals surface area contributed by atoms with E-state index in [1.807, 2.05) is 0 Å². The molecule has 0 unspecified atom stereocenters. The van der Waals surface area contributed by atoms with E-state index in [4.69, 9.17) is 0 Å². The van der Waals surface area contributed by atoms with Crippen molar-refractivity contribution in [3.8, 4) is 11.1 Å². The average Bonchev–Trinajstić information content (AvgIpc) is 3.21. The number of allylic oxidation sites excluding steroid dienone is 3. The molecule has 0 amide bonds. The molecule has 0 fully saturated rings. The molecule has 1 spiro atoms. The average molecular weight is 410 g/mol. The summed E-state index contributed by atoms with van der Waals surface area (Å²) in [6.07, 6.45) is 10.1. The third kappa shape index (κ3) is 2.45. The van der Waals surface area contributed by atoms with Crippen LogP contribution in [0.25, 0.3) is 43.4 Å². The minimum Gasteiger partial charge on any atom is -0.384 e. The zero-order valence-electron chi connectivity index (χ0n) is 17.8. The topological polar surface area (TPSA) is 12.0 Å². The van der Waals surface area contributed by atoms with E-state index in [2.05, 4.69) is 115 Å². The van der Waals surface area contributed by atoms with E-state index in [0.717, 1.165) is 13.0 Å². The van der Waals surface area contributed by atoms with Crippen LogP contribution >= 0.6 is 0 Å². The van der Waals surface area contributed by atoms with Crippen molar-refractivity contribution in [3.63, 3.8) is 0 Å². The fraction of sp³-hybridized carbons (Fsp3) is 0.0968. The van der Waals surface area contributed by atoms with Crippen molar-refractivity contribution in [3.05, 3.63) is 115 Å². The Balaban J connectivity index is 1.47. The van der Waals surface area contributed by atoms with E-state index in [0.29, 0.717) is 0 Å². The van der Waals surface area contributed by atoms with E-state index in [1.165, 1.54) is 54.7 Å². The highest BCUT2D eigenvalue weighted by Crippen LogP contribution is 2.44. The lowest BCUT2D eigenvalue weighted by molar-refractivity contribution is 0.596. The van der Waals surface area contributed by atoms with Gasteiger partial charge in [-0.05, 0) is 73.6 Å². The molecule has 5 aromatic rings. The summed E-state index contributed by atoms with van der Waals surface area (Å²) < 4.78 is 0. The number of rotatable bonds is 1. The van der Waals surface area contributed by atoms with Gasteiger partial charge in [-0.3, -0.25) is 0 Å². The first-order valence-electron chi connectivity index (χ1n) is 11.4. The van der Waals surface area contributed by atoms with Crippen molar-refractivity contribution < 1.29 is 0 Å². The molecule has 0 saturated carbocycles. The van der Waals surface area contributed by atoms with Gasteiger partial charge >= 0.3 is 0 Å². The third-order valence-corrected chi connectivity index (χ3v) is 7.37. The summed E-state index contributed by atoms with van der Waals surface area (Å²) in [6, 6.07) is 31.5. The summed E-state index contributed by atoms with van der Waals surface area (Å²) in [4.78, 5) is 0. The largest absolute Gasteiger partial charge is 0.384 e. The molecule has 1 N–H and O–H groups in total. The van der Waals surface area contributed by atoms with Crippen LogP contribution in [0, 0.1) is 0 Å². The molecule has 0 bridgehead atoms. The predicted molar refractivity (Wildman–Crippen MR) is 137 cm³/mol. The van der Waals surface area contributed by atoms with E-state index in [1.54, 1.807) is 0 Å². The van der Waals surface area contributed by atoms with E-state index in [9.17, 15) is 0 Å². The maximum atomic E-state index is 3.63. The second-order valence-electron chi connectivity index (χ2n) is 9.11. The van der Waals surface area contributed by atoms with Crippen LogP contribution < -0.4 is 5.32 Å². The molecule has 0 aromatic heterocycles. The summed E-state index contributed by atoms with van der Waals surface area (Å²) in [7, 11) is 0.